The Morgan fingerprint density at radius 2 is 1.89 bits per heavy atom. The Morgan fingerprint density at radius 1 is 1.37 bits per heavy atom. The summed E-state index contributed by atoms with van der Waals surface area (Å²) >= 11 is 0. The van der Waals surface area contributed by atoms with E-state index in [2.05, 4.69) is 5.10 Å². The fourth-order valence-corrected chi connectivity index (χ4v) is 1.83. The summed E-state index contributed by atoms with van der Waals surface area (Å²) < 4.78 is 58.3. The predicted molar refractivity (Wildman–Crippen MR) is 53.3 cm³/mol. The van der Waals surface area contributed by atoms with E-state index < -0.39 is 44.3 Å². The number of hydrogen-bond acceptors (Lipinski definition) is 5. The summed E-state index contributed by atoms with van der Waals surface area (Å²) in [6.07, 6.45) is -4.64. The highest BCUT2D eigenvalue weighted by molar-refractivity contribution is 7.90. The van der Waals surface area contributed by atoms with Crippen LogP contribution in [-0.2, 0) is 14.6 Å². The van der Waals surface area contributed by atoms with Crippen molar-refractivity contribution in [2.75, 3.05) is 11.6 Å². The molecule has 0 aromatic carbocycles. The van der Waals surface area contributed by atoms with Crippen molar-refractivity contribution in [2.45, 2.75) is 11.2 Å². The first kappa shape index (κ1) is 14.9. The number of sulfone groups is 1. The molecule has 1 heterocycles. The Bertz CT molecular complexity index is 633. The third kappa shape index (κ3) is 3.21. The van der Waals surface area contributed by atoms with Crippen molar-refractivity contribution in [3.63, 3.8) is 0 Å². The predicted octanol–water partition coefficient (Wildman–Crippen LogP) is 0.0122. The second-order valence-electron chi connectivity index (χ2n) is 3.31. The summed E-state index contributed by atoms with van der Waals surface area (Å²) in [4.78, 5) is 21.5. The number of aromatic amines is 1. The monoisotopic (exact) mass is 301 g/mol. The normalized spacial score (nSPS) is 12.2. The van der Waals surface area contributed by atoms with Gasteiger partial charge >= 0.3 is 18.1 Å². The Kier molecular flexibility index (Phi) is 3.56. The molecule has 0 atom stereocenters. The van der Waals surface area contributed by atoms with Crippen molar-refractivity contribution < 1.29 is 36.3 Å². The van der Waals surface area contributed by atoms with Gasteiger partial charge in [-0.05, 0) is 0 Å². The van der Waals surface area contributed by atoms with Gasteiger partial charge in [0.2, 0.25) is 0 Å². The van der Waals surface area contributed by atoms with Gasteiger partial charge in [0, 0.05) is 6.26 Å². The number of carboxylic acid groups (broad SMARTS) is 1. The van der Waals surface area contributed by atoms with E-state index in [-0.39, 0.29) is 0 Å². The van der Waals surface area contributed by atoms with Crippen LogP contribution in [0.3, 0.4) is 0 Å². The molecule has 3 N–H and O–H groups in total. The molecule has 0 radical (unpaired) electrons. The lowest BCUT2D eigenvalue weighted by Gasteiger charge is -2.06. The third-order valence-corrected chi connectivity index (χ3v) is 2.84. The average molecular weight is 301 g/mol. The van der Waals surface area contributed by atoms with Crippen LogP contribution in [0.4, 0.5) is 19.0 Å². The van der Waals surface area contributed by atoms with Gasteiger partial charge in [-0.2, -0.15) is 18.3 Å². The summed E-state index contributed by atoms with van der Waals surface area (Å²) in [5.74, 6) is -5.36. The van der Waals surface area contributed by atoms with Crippen LogP contribution >= 0.6 is 0 Å². The van der Waals surface area contributed by atoms with E-state index in [1.807, 2.05) is 0 Å². The molecule has 0 saturated heterocycles. The van der Waals surface area contributed by atoms with Gasteiger partial charge < -0.3 is 10.4 Å². The van der Waals surface area contributed by atoms with E-state index in [0.29, 0.717) is 6.26 Å². The van der Waals surface area contributed by atoms with Gasteiger partial charge in [-0.25, -0.2) is 13.2 Å². The van der Waals surface area contributed by atoms with Crippen molar-refractivity contribution in [3.05, 3.63) is 5.56 Å². The van der Waals surface area contributed by atoms with Gasteiger partial charge in [-0.3, -0.25) is 9.89 Å². The first-order valence-electron chi connectivity index (χ1n) is 4.34. The highest BCUT2D eigenvalue weighted by Gasteiger charge is 2.40. The number of hydrogen-bond donors (Lipinski definition) is 3. The summed E-state index contributed by atoms with van der Waals surface area (Å²) in [5.41, 5.74) is -1.07. The number of aromatic nitrogens is 2. The van der Waals surface area contributed by atoms with Crippen LogP contribution in [-0.4, -0.2) is 48.0 Å². The highest BCUT2D eigenvalue weighted by atomic mass is 32.2. The second-order valence-corrected chi connectivity index (χ2v) is 5.26. The number of rotatable bonds is 3. The molecule has 1 rings (SSSR count). The number of H-pyrrole nitrogens is 1. The number of amides is 1. The fraction of sp³-hybridized carbons (Fsp3) is 0.286. The number of nitrogens with one attached hydrogen (secondary N) is 2. The zero-order valence-electron chi connectivity index (χ0n) is 9.07. The first-order chi connectivity index (χ1) is 8.44. The van der Waals surface area contributed by atoms with Gasteiger partial charge in [0.05, 0.1) is 0 Å². The number of carboxylic acids is 1. The molecule has 0 spiro atoms. The lowest BCUT2D eigenvalue weighted by molar-refractivity contribution is -0.167. The summed E-state index contributed by atoms with van der Waals surface area (Å²) in [6.45, 7) is 0. The largest absolute Gasteiger partial charge is 0.477 e. The molecule has 0 bridgehead atoms. The zero-order chi connectivity index (χ0) is 15.0. The smallest absolute Gasteiger partial charge is 0.471 e. The number of nitrogens with zero attached hydrogens (tertiary/aromatic N) is 1. The van der Waals surface area contributed by atoms with Gasteiger partial charge in [0.1, 0.15) is 5.56 Å². The van der Waals surface area contributed by atoms with E-state index in [9.17, 15) is 31.2 Å². The van der Waals surface area contributed by atoms with E-state index in [4.69, 9.17) is 5.11 Å². The Labute approximate surface area is 103 Å². The minimum absolute atomic E-state index is 0.627. The van der Waals surface area contributed by atoms with Crippen LogP contribution in [0, 0.1) is 0 Å². The molecule has 0 aliphatic rings. The minimum Gasteiger partial charge on any atom is -0.477 e. The number of aromatic carboxylic acids is 1. The summed E-state index contributed by atoms with van der Waals surface area (Å²) in [5, 5.41) is 13.8. The van der Waals surface area contributed by atoms with Gasteiger partial charge in [-0.15, -0.1) is 0 Å². The van der Waals surface area contributed by atoms with Crippen LogP contribution in [0.2, 0.25) is 0 Å². The lowest BCUT2D eigenvalue weighted by Crippen LogP contribution is -2.30. The van der Waals surface area contributed by atoms with E-state index in [1.54, 1.807) is 5.10 Å². The van der Waals surface area contributed by atoms with Crippen molar-refractivity contribution in [1.29, 1.82) is 0 Å². The number of carbonyl (C=O) groups excluding carboxylic acids is 1. The van der Waals surface area contributed by atoms with Crippen molar-refractivity contribution in [1.82, 2.24) is 10.2 Å². The molecule has 0 fully saturated rings. The topological polar surface area (TPSA) is 129 Å². The van der Waals surface area contributed by atoms with E-state index >= 15 is 0 Å². The molecule has 106 valence electrons. The lowest BCUT2D eigenvalue weighted by atomic mass is 10.3. The average Bonchev–Trinajstić information content (AvgIpc) is 2.59. The molecule has 12 heteroatoms. The zero-order valence-corrected chi connectivity index (χ0v) is 9.89. The van der Waals surface area contributed by atoms with Crippen molar-refractivity contribution in [2.24, 2.45) is 0 Å². The summed E-state index contributed by atoms with van der Waals surface area (Å²) in [6, 6.07) is 0. The van der Waals surface area contributed by atoms with Gasteiger partial charge in [0.15, 0.2) is 20.7 Å². The van der Waals surface area contributed by atoms with E-state index in [0.717, 1.165) is 0 Å². The molecule has 8 nitrogen and oxygen atoms in total. The maximum atomic E-state index is 12.0. The van der Waals surface area contributed by atoms with Crippen LogP contribution in [0.1, 0.15) is 10.4 Å². The van der Waals surface area contributed by atoms with E-state index in [1.165, 1.54) is 5.32 Å². The standard InChI is InChI=1S/C7H6F3N3O5S/c1-19(17,18)4-2(5(14)15)3(12-13-4)11-6(16)7(8,9)10/h1H3,(H,14,15)(H2,11,12,13,16). The number of anilines is 1. The molecular formula is C7H6F3N3O5S. The number of alkyl halides is 3. The quantitative estimate of drug-likeness (QED) is 0.721. The Hall–Kier alpha value is -2.11. The van der Waals surface area contributed by atoms with Gasteiger partial charge in [-0.1, -0.05) is 0 Å². The van der Waals surface area contributed by atoms with Crippen LogP contribution in [0.15, 0.2) is 5.03 Å². The van der Waals surface area contributed by atoms with Crippen molar-refractivity contribution >= 4 is 27.5 Å². The molecule has 0 aliphatic heterocycles. The number of halogens is 3. The van der Waals surface area contributed by atoms with Crippen LogP contribution in [0.5, 0.6) is 0 Å². The maximum absolute atomic E-state index is 12.0. The minimum atomic E-state index is -5.26. The molecular weight excluding hydrogens is 295 g/mol. The van der Waals surface area contributed by atoms with Crippen LogP contribution in [0.25, 0.3) is 0 Å². The molecule has 19 heavy (non-hydrogen) atoms. The SMILES string of the molecule is CS(=O)(=O)c1[nH]nc(NC(=O)C(F)(F)F)c1C(=O)O. The Balaban J connectivity index is 3.29. The summed E-state index contributed by atoms with van der Waals surface area (Å²) in [7, 11) is -4.06. The Morgan fingerprint density at radius 3 is 2.26 bits per heavy atom. The fourth-order valence-electron chi connectivity index (χ4n) is 1.06. The third-order valence-electron chi connectivity index (χ3n) is 1.81. The molecule has 0 aliphatic carbocycles. The maximum Gasteiger partial charge on any atom is 0.471 e. The molecule has 1 aromatic rings. The highest BCUT2D eigenvalue weighted by Crippen LogP contribution is 2.23. The van der Waals surface area contributed by atoms with Crippen LogP contribution < -0.4 is 5.32 Å². The number of carbonyl (C=O) groups is 2. The first-order valence-corrected chi connectivity index (χ1v) is 6.23. The second kappa shape index (κ2) is 4.53. The molecule has 1 amide bonds. The molecule has 0 unspecified atom stereocenters. The van der Waals surface area contributed by atoms with Gasteiger partial charge in [0.25, 0.3) is 0 Å². The van der Waals surface area contributed by atoms with Crippen molar-refractivity contribution in [3.8, 4) is 0 Å². The molecule has 1 aromatic heterocycles. The molecule has 0 saturated carbocycles.